The van der Waals surface area contributed by atoms with Crippen molar-refractivity contribution in [3.63, 3.8) is 0 Å². The molecule has 10 nitrogen and oxygen atoms in total. The van der Waals surface area contributed by atoms with Gasteiger partial charge in [-0.25, -0.2) is 23.1 Å². The molecular weight excluding hydrogens is 368 g/mol. The Kier molecular flexibility index (Phi) is 3.49. The Balaban J connectivity index is 2.10. The predicted molar refractivity (Wildman–Crippen MR) is 88.0 cm³/mol. The van der Waals surface area contributed by atoms with Crippen molar-refractivity contribution in [2.45, 2.75) is 4.90 Å². The fraction of sp³-hybridized carbons (Fsp3) is 0. The highest BCUT2D eigenvalue weighted by atomic mass is 35.5. The number of tetrazole rings is 1. The van der Waals surface area contributed by atoms with E-state index in [4.69, 9.17) is 16.7 Å². The minimum atomic E-state index is -4.03. The molecule has 0 saturated heterocycles. The third-order valence-corrected chi connectivity index (χ3v) is 4.66. The van der Waals surface area contributed by atoms with Crippen molar-refractivity contribution in [3.8, 4) is 22.6 Å². The van der Waals surface area contributed by atoms with E-state index in [1.54, 1.807) is 30.5 Å². The number of sulfonamides is 1. The number of aromatic nitrogens is 7. The highest BCUT2D eigenvalue weighted by Gasteiger charge is 2.24. The molecule has 0 amide bonds. The minimum Gasteiger partial charge on any atom is -0.235 e. The van der Waals surface area contributed by atoms with E-state index in [1.165, 1.54) is 10.6 Å². The van der Waals surface area contributed by atoms with E-state index < -0.39 is 10.0 Å². The van der Waals surface area contributed by atoms with Crippen LogP contribution in [-0.2, 0) is 10.0 Å². The first-order valence-electron chi connectivity index (χ1n) is 6.85. The number of nitrogens with two attached hydrogens (primary N) is 1. The molecule has 3 N–H and O–H groups in total. The van der Waals surface area contributed by atoms with Crippen LogP contribution >= 0.6 is 11.6 Å². The number of rotatable bonds is 3. The van der Waals surface area contributed by atoms with Gasteiger partial charge in [-0.3, -0.25) is 0 Å². The monoisotopic (exact) mass is 376 g/mol. The van der Waals surface area contributed by atoms with Gasteiger partial charge >= 0.3 is 0 Å². The zero-order valence-corrected chi connectivity index (χ0v) is 13.9. The summed E-state index contributed by atoms with van der Waals surface area (Å²) in [6.45, 7) is 0. The van der Waals surface area contributed by atoms with Crippen LogP contribution in [0.2, 0.25) is 5.15 Å². The van der Waals surface area contributed by atoms with Crippen LogP contribution in [-0.4, -0.2) is 43.6 Å². The molecule has 0 saturated carbocycles. The van der Waals surface area contributed by atoms with Crippen LogP contribution in [0.15, 0.2) is 41.4 Å². The number of halogens is 1. The number of H-pyrrole nitrogens is 1. The molecule has 0 spiro atoms. The van der Waals surface area contributed by atoms with Gasteiger partial charge < -0.3 is 0 Å². The molecule has 0 bridgehead atoms. The van der Waals surface area contributed by atoms with Crippen molar-refractivity contribution in [1.82, 2.24) is 35.2 Å². The smallest absolute Gasteiger partial charge is 0.235 e. The zero-order chi connectivity index (χ0) is 17.6. The van der Waals surface area contributed by atoms with E-state index in [2.05, 4.69) is 30.7 Å². The molecule has 0 aliphatic rings. The molecule has 0 atom stereocenters. The van der Waals surface area contributed by atoms with Crippen molar-refractivity contribution >= 4 is 27.3 Å². The third kappa shape index (κ3) is 2.63. The second kappa shape index (κ2) is 5.58. The average Bonchev–Trinajstić information content (AvgIpc) is 3.22. The van der Waals surface area contributed by atoms with Gasteiger partial charge in [-0.2, -0.15) is 10.3 Å². The summed E-state index contributed by atoms with van der Waals surface area (Å²) in [5, 5.41) is 23.4. The number of imidazole rings is 1. The highest BCUT2D eigenvalue weighted by Crippen LogP contribution is 2.34. The lowest BCUT2D eigenvalue weighted by Gasteiger charge is -2.10. The van der Waals surface area contributed by atoms with E-state index in [0.717, 1.165) is 0 Å². The van der Waals surface area contributed by atoms with Crippen LogP contribution in [0.4, 0.5) is 0 Å². The molecule has 25 heavy (non-hydrogen) atoms. The third-order valence-electron chi connectivity index (χ3n) is 3.51. The van der Waals surface area contributed by atoms with Crippen LogP contribution in [0.25, 0.3) is 28.3 Å². The van der Waals surface area contributed by atoms with Crippen molar-refractivity contribution in [2.75, 3.05) is 0 Å². The second-order valence-corrected chi connectivity index (χ2v) is 6.95. The number of benzene rings is 1. The maximum Gasteiger partial charge on any atom is 0.238 e. The lowest BCUT2D eigenvalue weighted by atomic mass is 10.0. The number of fused-ring (bicyclic) bond motifs is 1. The molecule has 4 rings (SSSR count). The molecule has 0 radical (unpaired) electrons. The van der Waals surface area contributed by atoms with Gasteiger partial charge in [-0.05, 0) is 23.4 Å². The molecule has 3 aromatic heterocycles. The van der Waals surface area contributed by atoms with Gasteiger partial charge in [0.05, 0.1) is 22.3 Å². The molecule has 126 valence electrons. The van der Waals surface area contributed by atoms with E-state index in [1.807, 2.05) is 0 Å². The topological polar surface area (TPSA) is 145 Å². The maximum absolute atomic E-state index is 12.0. The largest absolute Gasteiger partial charge is 0.238 e. The van der Waals surface area contributed by atoms with Crippen LogP contribution in [0.1, 0.15) is 0 Å². The van der Waals surface area contributed by atoms with Crippen LogP contribution in [0.3, 0.4) is 0 Å². The zero-order valence-electron chi connectivity index (χ0n) is 12.3. The number of nitrogens with zero attached hydrogens (tertiary/aromatic N) is 6. The molecular formula is C13H9ClN8O2S. The summed E-state index contributed by atoms with van der Waals surface area (Å²) < 4.78 is 25.5. The van der Waals surface area contributed by atoms with Crippen LogP contribution in [0, 0.1) is 0 Å². The average molecular weight is 377 g/mol. The number of hydrogen-bond acceptors (Lipinski definition) is 7. The van der Waals surface area contributed by atoms with Gasteiger partial charge in [0.1, 0.15) is 5.15 Å². The summed E-state index contributed by atoms with van der Waals surface area (Å²) in [5.41, 5.74) is 1.71. The first-order valence-corrected chi connectivity index (χ1v) is 8.78. The first-order chi connectivity index (χ1) is 11.9. The van der Waals surface area contributed by atoms with E-state index in [9.17, 15) is 8.42 Å². The Bertz CT molecular complexity index is 1190. The minimum absolute atomic E-state index is 0.0802. The van der Waals surface area contributed by atoms with Crippen molar-refractivity contribution in [3.05, 3.63) is 41.7 Å². The summed E-state index contributed by atoms with van der Waals surface area (Å²) >= 11 is 5.96. The van der Waals surface area contributed by atoms with Gasteiger partial charge in [0.2, 0.25) is 15.8 Å². The van der Waals surface area contributed by atoms with Gasteiger partial charge in [0, 0.05) is 5.56 Å². The normalized spacial score (nSPS) is 11.9. The van der Waals surface area contributed by atoms with Crippen LogP contribution < -0.4 is 5.14 Å². The highest BCUT2D eigenvalue weighted by molar-refractivity contribution is 7.89. The standard InChI is InChI=1S/C13H9ClN8O2S/c14-10-4-5-11-16-6-8(22(11)19-10)7-2-1-3-9(25(15,23)24)12(7)13-17-20-21-18-13/h1-6H,(H2,15,23,24)(H,17,18,20,21). The van der Waals surface area contributed by atoms with Crippen molar-refractivity contribution in [2.24, 2.45) is 5.14 Å². The molecule has 12 heteroatoms. The Hall–Kier alpha value is -2.89. The SMILES string of the molecule is NS(=O)(=O)c1cccc(-c2cnc3ccc(Cl)nn23)c1-c1nn[nH]n1. The molecule has 0 unspecified atom stereocenters. The van der Waals surface area contributed by atoms with E-state index in [0.29, 0.717) is 16.9 Å². The fourth-order valence-corrected chi connectivity index (χ4v) is 3.41. The molecule has 0 aliphatic heterocycles. The Morgan fingerprint density at radius 1 is 1.20 bits per heavy atom. The summed E-state index contributed by atoms with van der Waals surface area (Å²) in [7, 11) is -4.03. The Labute approximate surface area is 145 Å². The fourth-order valence-electron chi connectivity index (χ4n) is 2.51. The lowest BCUT2D eigenvalue weighted by molar-refractivity contribution is 0.598. The number of nitrogens with one attached hydrogen (secondary N) is 1. The van der Waals surface area contributed by atoms with Crippen LogP contribution in [0.5, 0.6) is 0 Å². The summed E-state index contributed by atoms with van der Waals surface area (Å²) in [6, 6.07) is 7.91. The Morgan fingerprint density at radius 3 is 2.76 bits per heavy atom. The van der Waals surface area contributed by atoms with Gasteiger partial charge in [-0.1, -0.05) is 23.7 Å². The van der Waals surface area contributed by atoms with Crippen molar-refractivity contribution in [1.29, 1.82) is 0 Å². The molecule has 0 fully saturated rings. The maximum atomic E-state index is 12.0. The molecule has 3 heterocycles. The van der Waals surface area contributed by atoms with Gasteiger partial charge in [0.25, 0.3) is 0 Å². The predicted octanol–water partition coefficient (Wildman–Crippen LogP) is 0.877. The van der Waals surface area contributed by atoms with E-state index >= 15 is 0 Å². The quantitative estimate of drug-likeness (QED) is 0.539. The lowest BCUT2D eigenvalue weighted by Crippen LogP contribution is -2.14. The first kappa shape index (κ1) is 15.6. The molecule has 1 aromatic carbocycles. The number of aromatic amines is 1. The Morgan fingerprint density at radius 2 is 2.04 bits per heavy atom. The van der Waals surface area contributed by atoms with Gasteiger partial charge in [0.15, 0.2) is 5.65 Å². The number of primary sulfonamides is 1. The molecule has 4 aromatic rings. The summed E-state index contributed by atoms with van der Waals surface area (Å²) in [5.74, 6) is 0.0802. The van der Waals surface area contributed by atoms with E-state index in [-0.39, 0.29) is 21.4 Å². The second-order valence-electron chi connectivity index (χ2n) is 5.03. The molecule has 0 aliphatic carbocycles. The number of hydrogen-bond donors (Lipinski definition) is 2. The van der Waals surface area contributed by atoms with Crippen molar-refractivity contribution < 1.29 is 8.42 Å². The van der Waals surface area contributed by atoms with Gasteiger partial charge in [-0.15, -0.1) is 10.2 Å². The summed E-state index contributed by atoms with van der Waals surface area (Å²) in [4.78, 5) is 4.11. The summed E-state index contributed by atoms with van der Waals surface area (Å²) in [6.07, 6.45) is 1.55.